The van der Waals surface area contributed by atoms with Gasteiger partial charge in [-0.1, -0.05) is 13.3 Å². The van der Waals surface area contributed by atoms with Crippen molar-refractivity contribution in [1.82, 2.24) is 9.21 Å². The molecule has 0 bridgehead atoms. The van der Waals surface area contributed by atoms with Crippen LogP contribution < -0.4 is 0 Å². The molecule has 116 valence electrons. The first-order chi connectivity index (χ1) is 9.56. The Morgan fingerprint density at radius 1 is 1.25 bits per heavy atom. The first kappa shape index (κ1) is 16.1. The molecule has 1 unspecified atom stereocenters. The number of amides is 1. The second kappa shape index (κ2) is 7.13. The molecule has 2 rings (SSSR count). The van der Waals surface area contributed by atoms with E-state index in [9.17, 15) is 13.2 Å². The number of carbonyl (C=O) groups excluding carboxylic acids is 1. The molecular formula is C13H24N2O3S2. The van der Waals surface area contributed by atoms with Crippen LogP contribution in [0.5, 0.6) is 0 Å². The monoisotopic (exact) mass is 320 g/mol. The van der Waals surface area contributed by atoms with Gasteiger partial charge in [0.05, 0.1) is 5.75 Å². The zero-order valence-electron chi connectivity index (χ0n) is 12.1. The normalized spacial score (nSPS) is 25.1. The second-order valence-corrected chi connectivity index (χ2v) is 8.64. The Morgan fingerprint density at radius 3 is 2.60 bits per heavy atom. The molecule has 1 atom stereocenters. The van der Waals surface area contributed by atoms with Crippen molar-refractivity contribution in [1.29, 1.82) is 0 Å². The van der Waals surface area contributed by atoms with Gasteiger partial charge in [0.2, 0.25) is 15.9 Å². The quantitative estimate of drug-likeness (QED) is 0.763. The van der Waals surface area contributed by atoms with Crippen LogP contribution in [0, 0.1) is 0 Å². The van der Waals surface area contributed by atoms with Gasteiger partial charge in [0.1, 0.15) is 6.04 Å². The molecule has 7 heteroatoms. The van der Waals surface area contributed by atoms with Gasteiger partial charge < -0.3 is 4.90 Å². The third kappa shape index (κ3) is 3.68. The van der Waals surface area contributed by atoms with Crippen LogP contribution in [0.1, 0.15) is 32.6 Å². The molecule has 0 aromatic heterocycles. The molecule has 5 nitrogen and oxygen atoms in total. The fourth-order valence-electron chi connectivity index (χ4n) is 2.76. The van der Waals surface area contributed by atoms with Gasteiger partial charge in [0.25, 0.3) is 0 Å². The maximum absolute atomic E-state index is 12.5. The Balaban J connectivity index is 2.04. The summed E-state index contributed by atoms with van der Waals surface area (Å²) in [6, 6.07) is -0.444. The van der Waals surface area contributed by atoms with E-state index in [1.807, 2.05) is 23.6 Å². The number of sulfonamides is 1. The molecule has 0 aliphatic carbocycles. The maximum atomic E-state index is 12.5. The molecule has 0 radical (unpaired) electrons. The zero-order chi connectivity index (χ0) is 14.6. The fraction of sp³-hybridized carbons (Fsp3) is 0.923. The number of unbranched alkanes of at least 4 members (excludes halogenated alkanes) is 1. The van der Waals surface area contributed by atoms with Gasteiger partial charge >= 0.3 is 0 Å². The molecule has 2 fully saturated rings. The van der Waals surface area contributed by atoms with Crippen LogP contribution >= 0.6 is 11.8 Å². The Bertz CT molecular complexity index is 433. The second-order valence-electron chi connectivity index (χ2n) is 5.38. The van der Waals surface area contributed by atoms with Crippen molar-refractivity contribution in [2.24, 2.45) is 0 Å². The summed E-state index contributed by atoms with van der Waals surface area (Å²) in [6.07, 6.45) is 2.99. The number of thioether (sulfide) groups is 1. The van der Waals surface area contributed by atoms with E-state index in [2.05, 4.69) is 0 Å². The molecule has 2 aliphatic heterocycles. The number of carbonyl (C=O) groups is 1. The first-order valence-electron chi connectivity index (χ1n) is 7.42. The molecule has 2 heterocycles. The van der Waals surface area contributed by atoms with E-state index in [-0.39, 0.29) is 11.7 Å². The molecule has 0 spiro atoms. The number of nitrogens with zero attached hydrogens (tertiary/aromatic N) is 2. The van der Waals surface area contributed by atoms with Crippen LogP contribution in [0.25, 0.3) is 0 Å². The van der Waals surface area contributed by atoms with Gasteiger partial charge in [-0.05, 0) is 19.3 Å². The summed E-state index contributed by atoms with van der Waals surface area (Å²) in [5, 5.41) is 0. The van der Waals surface area contributed by atoms with E-state index in [4.69, 9.17) is 0 Å². The standard InChI is InChI=1S/C13H24N2O3S2/c1-2-3-11-20(17,18)15-6-4-5-12(15)13(16)14-7-9-19-10-8-14/h12H,2-11H2,1H3. The van der Waals surface area contributed by atoms with E-state index < -0.39 is 16.1 Å². The topological polar surface area (TPSA) is 57.7 Å². The molecule has 0 aromatic rings. The van der Waals surface area contributed by atoms with Gasteiger partial charge in [-0.25, -0.2) is 8.42 Å². The molecule has 1 amide bonds. The van der Waals surface area contributed by atoms with Crippen molar-refractivity contribution in [3.8, 4) is 0 Å². The molecule has 2 aliphatic rings. The summed E-state index contributed by atoms with van der Waals surface area (Å²) in [5.41, 5.74) is 0. The Labute approximate surface area is 126 Å². The Hall–Kier alpha value is -0.270. The van der Waals surface area contributed by atoms with Crippen molar-refractivity contribution < 1.29 is 13.2 Å². The summed E-state index contributed by atoms with van der Waals surface area (Å²) in [5.74, 6) is 2.11. The van der Waals surface area contributed by atoms with Crippen LogP contribution in [0.4, 0.5) is 0 Å². The van der Waals surface area contributed by atoms with Crippen LogP contribution in [0.15, 0.2) is 0 Å². The lowest BCUT2D eigenvalue weighted by Gasteiger charge is -2.32. The predicted octanol–water partition coefficient (Wildman–Crippen LogP) is 1.16. The fourth-order valence-corrected chi connectivity index (χ4v) is 5.54. The van der Waals surface area contributed by atoms with Crippen molar-refractivity contribution in [2.45, 2.75) is 38.6 Å². The highest BCUT2D eigenvalue weighted by molar-refractivity contribution is 7.99. The molecule has 20 heavy (non-hydrogen) atoms. The maximum Gasteiger partial charge on any atom is 0.241 e. The van der Waals surface area contributed by atoms with E-state index in [1.165, 1.54) is 4.31 Å². The van der Waals surface area contributed by atoms with Gasteiger partial charge in [-0.15, -0.1) is 0 Å². The molecule has 0 saturated carbocycles. The molecule has 2 saturated heterocycles. The van der Waals surface area contributed by atoms with Gasteiger partial charge in [-0.3, -0.25) is 4.79 Å². The van der Waals surface area contributed by atoms with Crippen LogP contribution in [-0.2, 0) is 14.8 Å². The van der Waals surface area contributed by atoms with Gasteiger partial charge in [0.15, 0.2) is 0 Å². The van der Waals surface area contributed by atoms with Crippen molar-refractivity contribution in [2.75, 3.05) is 36.9 Å². The zero-order valence-corrected chi connectivity index (χ0v) is 13.7. The van der Waals surface area contributed by atoms with Crippen molar-refractivity contribution in [3.05, 3.63) is 0 Å². The predicted molar refractivity (Wildman–Crippen MR) is 82.3 cm³/mol. The van der Waals surface area contributed by atoms with Crippen molar-refractivity contribution in [3.63, 3.8) is 0 Å². The van der Waals surface area contributed by atoms with Crippen LogP contribution in [0.3, 0.4) is 0 Å². The first-order valence-corrected chi connectivity index (χ1v) is 10.2. The third-order valence-electron chi connectivity index (χ3n) is 3.92. The SMILES string of the molecule is CCCCS(=O)(=O)N1CCCC1C(=O)N1CCSCC1. The van der Waals surface area contributed by atoms with Crippen molar-refractivity contribution >= 4 is 27.7 Å². The summed E-state index contributed by atoms with van der Waals surface area (Å²) >= 11 is 1.85. The number of hydrogen-bond donors (Lipinski definition) is 0. The minimum Gasteiger partial charge on any atom is -0.340 e. The lowest BCUT2D eigenvalue weighted by molar-refractivity contribution is -0.134. The highest BCUT2D eigenvalue weighted by atomic mass is 32.2. The minimum absolute atomic E-state index is 0.0165. The molecule has 0 aromatic carbocycles. The lowest BCUT2D eigenvalue weighted by Crippen LogP contribution is -2.50. The smallest absolute Gasteiger partial charge is 0.241 e. The number of rotatable bonds is 5. The number of hydrogen-bond acceptors (Lipinski definition) is 4. The lowest BCUT2D eigenvalue weighted by atomic mass is 10.2. The average Bonchev–Trinajstić information content (AvgIpc) is 2.95. The Kier molecular flexibility index (Phi) is 5.74. The third-order valence-corrected chi connectivity index (χ3v) is 6.82. The highest BCUT2D eigenvalue weighted by Crippen LogP contribution is 2.24. The van der Waals surface area contributed by atoms with Crippen LogP contribution in [0.2, 0.25) is 0 Å². The Morgan fingerprint density at radius 2 is 1.95 bits per heavy atom. The average molecular weight is 320 g/mol. The van der Waals surface area contributed by atoms with E-state index in [0.29, 0.717) is 19.4 Å². The minimum atomic E-state index is -3.27. The summed E-state index contributed by atoms with van der Waals surface area (Å²) in [4.78, 5) is 14.4. The van der Waals surface area contributed by atoms with Gasteiger partial charge in [-0.2, -0.15) is 16.1 Å². The molecular weight excluding hydrogens is 296 g/mol. The highest BCUT2D eigenvalue weighted by Gasteiger charge is 2.40. The summed E-state index contributed by atoms with van der Waals surface area (Å²) in [7, 11) is -3.27. The summed E-state index contributed by atoms with van der Waals surface area (Å²) < 4.78 is 26.1. The van der Waals surface area contributed by atoms with E-state index in [0.717, 1.165) is 37.4 Å². The summed E-state index contributed by atoms with van der Waals surface area (Å²) in [6.45, 7) is 3.99. The van der Waals surface area contributed by atoms with E-state index >= 15 is 0 Å². The van der Waals surface area contributed by atoms with Gasteiger partial charge in [0, 0.05) is 31.1 Å². The van der Waals surface area contributed by atoms with E-state index in [1.54, 1.807) is 0 Å². The van der Waals surface area contributed by atoms with Crippen LogP contribution in [-0.4, -0.2) is 66.5 Å². The molecule has 0 N–H and O–H groups in total. The largest absolute Gasteiger partial charge is 0.340 e.